The molecule has 7 nitrogen and oxygen atoms in total. The highest BCUT2D eigenvalue weighted by Crippen LogP contribution is 2.53. The standard InChI is InChI=1S/C24H17F4N3O4/c25-15-2-1-3-17-21(15)23(22(32)31(17)9-12-4-5-20(35-12)24(26,27)28)10-30-16(8-29)13-6-18-19(7-14(13)23)34-11-33-18/h1-8,30H,9-11,29H2/b16-8-. The van der Waals surface area contributed by atoms with Crippen LogP contribution < -0.4 is 25.4 Å². The Hall–Kier alpha value is -4.15. The molecule has 180 valence electrons. The molecule has 0 fully saturated rings. The van der Waals surface area contributed by atoms with E-state index < -0.39 is 29.1 Å². The molecule has 35 heavy (non-hydrogen) atoms. The number of furan rings is 1. The highest BCUT2D eigenvalue weighted by Gasteiger charge is 2.57. The monoisotopic (exact) mass is 487 g/mol. The van der Waals surface area contributed by atoms with Crippen LogP contribution >= 0.6 is 0 Å². The molecule has 3 aliphatic rings. The van der Waals surface area contributed by atoms with Crippen LogP contribution in [0.15, 0.2) is 53.1 Å². The summed E-state index contributed by atoms with van der Waals surface area (Å²) in [7, 11) is 0. The number of benzene rings is 2. The number of amides is 1. The predicted molar refractivity (Wildman–Crippen MR) is 115 cm³/mol. The van der Waals surface area contributed by atoms with Gasteiger partial charge in [0.1, 0.15) is 17.0 Å². The number of carbonyl (C=O) groups is 1. The summed E-state index contributed by atoms with van der Waals surface area (Å²) in [6.45, 7) is -0.351. The first-order valence-electron chi connectivity index (χ1n) is 10.6. The van der Waals surface area contributed by atoms with E-state index in [1.54, 1.807) is 18.2 Å². The van der Waals surface area contributed by atoms with E-state index >= 15 is 4.39 Å². The lowest BCUT2D eigenvalue weighted by Gasteiger charge is -2.37. The van der Waals surface area contributed by atoms with E-state index in [9.17, 15) is 18.0 Å². The molecule has 0 radical (unpaired) electrons. The van der Waals surface area contributed by atoms with Crippen LogP contribution in [0, 0.1) is 5.82 Å². The second-order valence-corrected chi connectivity index (χ2v) is 8.38. The number of nitrogens with two attached hydrogens (primary N) is 1. The molecule has 4 heterocycles. The largest absolute Gasteiger partial charge is 0.455 e. The van der Waals surface area contributed by atoms with Gasteiger partial charge in [0.05, 0.1) is 17.9 Å². The lowest BCUT2D eigenvalue weighted by molar-refractivity contribution is -0.153. The Bertz CT molecular complexity index is 1410. The topological polar surface area (TPSA) is 90.0 Å². The van der Waals surface area contributed by atoms with Gasteiger partial charge in [0.2, 0.25) is 18.5 Å². The minimum Gasteiger partial charge on any atom is -0.455 e. The Labute approximate surface area is 195 Å². The van der Waals surface area contributed by atoms with Gasteiger partial charge < -0.3 is 29.8 Å². The molecule has 0 saturated heterocycles. The Morgan fingerprint density at radius 2 is 1.91 bits per heavy atom. The fourth-order valence-corrected chi connectivity index (χ4v) is 5.03. The van der Waals surface area contributed by atoms with Gasteiger partial charge >= 0.3 is 6.18 Å². The van der Waals surface area contributed by atoms with Crippen LogP contribution in [0.1, 0.15) is 28.2 Å². The van der Waals surface area contributed by atoms with Gasteiger partial charge in [-0.15, -0.1) is 0 Å². The zero-order valence-corrected chi connectivity index (χ0v) is 17.9. The van der Waals surface area contributed by atoms with Crippen molar-refractivity contribution in [2.45, 2.75) is 18.1 Å². The van der Waals surface area contributed by atoms with Crippen LogP contribution in [0.25, 0.3) is 5.70 Å². The Kier molecular flexibility index (Phi) is 4.38. The van der Waals surface area contributed by atoms with Crippen LogP contribution in [-0.4, -0.2) is 19.2 Å². The van der Waals surface area contributed by atoms with E-state index in [2.05, 4.69) is 5.32 Å². The fraction of sp³-hybridized carbons (Fsp3) is 0.208. The normalized spacial score (nSPS) is 21.4. The molecule has 0 saturated carbocycles. The number of alkyl halides is 3. The number of hydrogen-bond donors (Lipinski definition) is 2. The van der Waals surface area contributed by atoms with Crippen LogP contribution in [0.3, 0.4) is 0 Å². The third kappa shape index (κ3) is 2.93. The van der Waals surface area contributed by atoms with E-state index in [4.69, 9.17) is 19.6 Å². The maximum atomic E-state index is 15.4. The van der Waals surface area contributed by atoms with Crippen molar-refractivity contribution in [2.24, 2.45) is 5.73 Å². The minimum atomic E-state index is -4.67. The molecule has 1 unspecified atom stereocenters. The number of nitrogens with zero attached hydrogens (tertiary/aromatic N) is 1. The van der Waals surface area contributed by atoms with Gasteiger partial charge in [-0.25, -0.2) is 4.39 Å². The summed E-state index contributed by atoms with van der Waals surface area (Å²) >= 11 is 0. The van der Waals surface area contributed by atoms with Gasteiger partial charge in [-0.05, 0) is 42.0 Å². The van der Waals surface area contributed by atoms with Crippen molar-refractivity contribution in [1.29, 1.82) is 0 Å². The highest BCUT2D eigenvalue weighted by molar-refractivity contribution is 6.12. The second-order valence-electron chi connectivity index (χ2n) is 8.38. The van der Waals surface area contributed by atoms with E-state index in [-0.39, 0.29) is 36.9 Å². The summed E-state index contributed by atoms with van der Waals surface area (Å²) in [5, 5.41) is 3.11. The summed E-state index contributed by atoms with van der Waals surface area (Å²) in [4.78, 5) is 15.3. The van der Waals surface area contributed by atoms with Gasteiger partial charge in [-0.1, -0.05) is 6.07 Å². The lowest BCUT2D eigenvalue weighted by atomic mass is 9.70. The molecule has 3 aromatic rings. The number of nitrogens with one attached hydrogen (secondary N) is 1. The first-order valence-corrected chi connectivity index (χ1v) is 10.6. The van der Waals surface area contributed by atoms with Gasteiger partial charge in [0, 0.05) is 23.9 Å². The number of fused-ring (bicyclic) bond motifs is 5. The molecule has 11 heteroatoms. The first-order chi connectivity index (χ1) is 16.7. The summed E-state index contributed by atoms with van der Waals surface area (Å²) in [5.41, 5.74) is 6.14. The zero-order chi connectivity index (χ0) is 24.5. The number of ether oxygens (including phenoxy) is 2. The molecule has 0 aliphatic carbocycles. The van der Waals surface area contributed by atoms with Gasteiger partial charge in [0.15, 0.2) is 11.5 Å². The van der Waals surface area contributed by atoms with Crippen molar-refractivity contribution in [3.63, 3.8) is 0 Å². The second kappa shape index (κ2) is 7.17. The number of hydrogen-bond acceptors (Lipinski definition) is 6. The average molecular weight is 487 g/mol. The molecule has 1 atom stereocenters. The van der Waals surface area contributed by atoms with Gasteiger partial charge in [-0.2, -0.15) is 13.2 Å². The summed E-state index contributed by atoms with van der Waals surface area (Å²) < 4.78 is 70.5. The lowest BCUT2D eigenvalue weighted by Crippen LogP contribution is -2.51. The van der Waals surface area contributed by atoms with Crippen molar-refractivity contribution >= 4 is 17.3 Å². The SMILES string of the molecule is N/C=C1\NCC2(C(=O)N(Cc3ccc(C(F)(F)F)o3)c3cccc(F)c32)c2cc3c(cc21)OCO3. The smallest absolute Gasteiger partial charge is 0.449 e. The van der Waals surface area contributed by atoms with E-state index in [1.165, 1.54) is 23.2 Å². The number of halogens is 4. The van der Waals surface area contributed by atoms with Crippen molar-refractivity contribution in [3.8, 4) is 11.5 Å². The molecule has 2 aromatic carbocycles. The van der Waals surface area contributed by atoms with Crippen LogP contribution in [0.5, 0.6) is 11.5 Å². The van der Waals surface area contributed by atoms with Crippen molar-refractivity contribution in [3.05, 3.63) is 82.7 Å². The number of rotatable bonds is 2. The minimum absolute atomic E-state index is 0.00855. The van der Waals surface area contributed by atoms with Crippen LogP contribution in [-0.2, 0) is 22.9 Å². The molecule has 1 amide bonds. The molecule has 1 aromatic heterocycles. The van der Waals surface area contributed by atoms with E-state index in [0.717, 1.165) is 12.1 Å². The third-order valence-electron chi connectivity index (χ3n) is 6.55. The fourth-order valence-electron chi connectivity index (χ4n) is 5.03. The van der Waals surface area contributed by atoms with E-state index in [0.29, 0.717) is 28.3 Å². The average Bonchev–Trinajstić information content (AvgIpc) is 3.53. The Balaban J connectivity index is 1.53. The maximum Gasteiger partial charge on any atom is 0.449 e. The molecular weight excluding hydrogens is 470 g/mol. The molecular formula is C24H17F4N3O4. The predicted octanol–water partition coefficient (Wildman–Crippen LogP) is 3.86. The third-order valence-corrected chi connectivity index (χ3v) is 6.55. The number of anilines is 1. The molecule has 3 N–H and O–H groups in total. The summed E-state index contributed by atoms with van der Waals surface area (Å²) in [5.74, 6) is -1.57. The molecule has 1 spiro atoms. The van der Waals surface area contributed by atoms with Crippen molar-refractivity contribution in [2.75, 3.05) is 18.2 Å². The molecule has 6 rings (SSSR count). The highest BCUT2D eigenvalue weighted by atomic mass is 19.4. The first kappa shape index (κ1) is 21.4. The molecule has 3 aliphatic heterocycles. The van der Waals surface area contributed by atoms with Crippen molar-refractivity contribution < 1.29 is 36.2 Å². The van der Waals surface area contributed by atoms with Crippen molar-refractivity contribution in [1.82, 2.24) is 5.32 Å². The summed E-state index contributed by atoms with van der Waals surface area (Å²) in [6.07, 6.45) is -3.33. The Morgan fingerprint density at radius 1 is 1.14 bits per heavy atom. The maximum absolute atomic E-state index is 15.4. The molecule has 0 bridgehead atoms. The van der Waals surface area contributed by atoms with Crippen LogP contribution in [0.2, 0.25) is 0 Å². The Morgan fingerprint density at radius 3 is 2.63 bits per heavy atom. The number of carbonyl (C=O) groups excluding carboxylic acids is 1. The van der Waals surface area contributed by atoms with Crippen LogP contribution in [0.4, 0.5) is 23.2 Å². The quantitative estimate of drug-likeness (QED) is 0.534. The summed E-state index contributed by atoms with van der Waals surface area (Å²) in [6, 6.07) is 9.50. The zero-order valence-electron chi connectivity index (χ0n) is 17.9. The van der Waals surface area contributed by atoms with Gasteiger partial charge in [-0.3, -0.25) is 4.79 Å². The van der Waals surface area contributed by atoms with E-state index in [1.807, 2.05) is 0 Å². The van der Waals surface area contributed by atoms with Gasteiger partial charge in [0.25, 0.3) is 0 Å².